The van der Waals surface area contributed by atoms with Crippen LogP contribution in [0, 0.1) is 0 Å². The number of rotatable bonds is 7. The Morgan fingerprint density at radius 2 is 2.11 bits per heavy atom. The van der Waals surface area contributed by atoms with Crippen LogP contribution in [0.1, 0.15) is 30.1 Å². The van der Waals surface area contributed by atoms with Crippen molar-refractivity contribution in [2.45, 2.75) is 25.4 Å². The molecule has 0 radical (unpaired) electrons. The minimum atomic E-state index is -0.781. The molecule has 0 N–H and O–H groups in total. The van der Waals surface area contributed by atoms with E-state index in [2.05, 4.69) is 6.58 Å². The molecule has 1 aromatic rings. The monoisotopic (exact) mass is 366 g/mol. The van der Waals surface area contributed by atoms with Crippen molar-refractivity contribution in [3.05, 3.63) is 83.7 Å². The van der Waals surface area contributed by atoms with Gasteiger partial charge in [0.15, 0.2) is 18.2 Å². The van der Waals surface area contributed by atoms with Crippen LogP contribution in [0.3, 0.4) is 0 Å². The molecule has 1 heterocycles. The molecular formula is C22H22O5. The number of hydrogen-bond acceptors (Lipinski definition) is 5. The van der Waals surface area contributed by atoms with E-state index in [1.807, 2.05) is 25.1 Å². The number of esters is 1. The number of carbonyl (C=O) groups is 2. The first kappa shape index (κ1) is 18.9. The van der Waals surface area contributed by atoms with Crippen molar-refractivity contribution < 1.29 is 23.8 Å². The normalized spacial score (nSPS) is 21.7. The number of ether oxygens (including phenoxy) is 3. The molecule has 0 amide bonds. The van der Waals surface area contributed by atoms with E-state index in [0.29, 0.717) is 29.7 Å². The van der Waals surface area contributed by atoms with Gasteiger partial charge in [0.25, 0.3) is 0 Å². The van der Waals surface area contributed by atoms with Crippen LogP contribution in [0.5, 0.6) is 0 Å². The lowest BCUT2D eigenvalue weighted by atomic mass is 9.86. The van der Waals surface area contributed by atoms with E-state index >= 15 is 0 Å². The van der Waals surface area contributed by atoms with Crippen molar-refractivity contribution in [3.63, 3.8) is 0 Å². The van der Waals surface area contributed by atoms with E-state index in [-0.39, 0.29) is 25.2 Å². The molecule has 0 saturated carbocycles. The van der Waals surface area contributed by atoms with Gasteiger partial charge in [0.2, 0.25) is 0 Å². The van der Waals surface area contributed by atoms with Gasteiger partial charge in [-0.1, -0.05) is 30.4 Å². The molecule has 1 saturated heterocycles. The number of carbonyl (C=O) groups excluding carboxylic acids is 2. The van der Waals surface area contributed by atoms with Crippen molar-refractivity contribution in [1.82, 2.24) is 0 Å². The summed E-state index contributed by atoms with van der Waals surface area (Å²) >= 11 is 0. The van der Waals surface area contributed by atoms with Gasteiger partial charge in [-0.25, -0.2) is 4.79 Å². The van der Waals surface area contributed by atoms with E-state index in [9.17, 15) is 9.59 Å². The second kappa shape index (κ2) is 8.18. The maximum atomic E-state index is 12.1. The molecular weight excluding hydrogens is 344 g/mol. The quantitative estimate of drug-likeness (QED) is 0.541. The molecule has 1 fully saturated rings. The maximum absolute atomic E-state index is 12.1. The molecule has 5 heteroatoms. The predicted molar refractivity (Wildman–Crippen MR) is 101 cm³/mol. The Hall–Kier alpha value is -2.92. The van der Waals surface area contributed by atoms with E-state index in [4.69, 9.17) is 14.2 Å². The van der Waals surface area contributed by atoms with Gasteiger partial charge in [-0.3, -0.25) is 4.79 Å². The third-order valence-electron chi connectivity index (χ3n) is 4.49. The summed E-state index contributed by atoms with van der Waals surface area (Å²) in [4.78, 5) is 24.1. The van der Waals surface area contributed by atoms with Crippen LogP contribution in [-0.2, 0) is 19.0 Å². The largest absolute Gasteiger partial charge is 0.468 e. The Morgan fingerprint density at radius 1 is 1.33 bits per heavy atom. The zero-order chi connectivity index (χ0) is 19.3. The summed E-state index contributed by atoms with van der Waals surface area (Å²) in [5.41, 5.74) is 1.26. The van der Waals surface area contributed by atoms with Crippen molar-refractivity contribution in [3.8, 4) is 0 Å². The van der Waals surface area contributed by atoms with Gasteiger partial charge in [0, 0.05) is 18.1 Å². The topological polar surface area (TPSA) is 61.8 Å². The SMILES string of the molecule is C=CCC1=CC2(CC=C(C)COC(=O)c3ccccc3)OCOC2=CC1=O. The van der Waals surface area contributed by atoms with Crippen LogP contribution in [-0.4, -0.2) is 30.8 Å². The zero-order valence-corrected chi connectivity index (χ0v) is 15.3. The van der Waals surface area contributed by atoms with Crippen molar-refractivity contribution >= 4 is 11.8 Å². The third-order valence-corrected chi connectivity index (χ3v) is 4.49. The number of fused-ring (bicyclic) bond motifs is 1. The first-order valence-corrected chi connectivity index (χ1v) is 8.78. The number of allylic oxidation sites excluding steroid dienone is 3. The Labute approximate surface area is 158 Å². The molecule has 1 atom stereocenters. The predicted octanol–water partition coefficient (Wildman–Crippen LogP) is 3.89. The van der Waals surface area contributed by atoms with Gasteiger partial charge in [0.1, 0.15) is 12.4 Å². The summed E-state index contributed by atoms with van der Waals surface area (Å²) in [7, 11) is 0. The average Bonchev–Trinajstić information content (AvgIpc) is 3.08. The van der Waals surface area contributed by atoms with Gasteiger partial charge in [-0.15, -0.1) is 6.58 Å². The zero-order valence-electron chi connectivity index (χ0n) is 15.3. The molecule has 0 aromatic heterocycles. The molecule has 1 aliphatic carbocycles. The molecule has 27 heavy (non-hydrogen) atoms. The van der Waals surface area contributed by atoms with Crippen molar-refractivity contribution in [1.29, 1.82) is 0 Å². The summed E-state index contributed by atoms with van der Waals surface area (Å²) in [6, 6.07) is 8.86. The third kappa shape index (κ3) is 4.26. The van der Waals surface area contributed by atoms with Crippen LogP contribution in [0.2, 0.25) is 0 Å². The molecule has 1 aromatic carbocycles. The number of ketones is 1. The first-order valence-electron chi connectivity index (χ1n) is 8.78. The second-order valence-corrected chi connectivity index (χ2v) is 6.53. The van der Waals surface area contributed by atoms with Crippen LogP contribution in [0.25, 0.3) is 0 Å². The smallest absolute Gasteiger partial charge is 0.338 e. The fourth-order valence-corrected chi connectivity index (χ4v) is 2.99. The molecule has 5 nitrogen and oxygen atoms in total. The van der Waals surface area contributed by atoms with E-state index in [1.54, 1.807) is 30.3 Å². The molecule has 3 rings (SSSR count). The maximum Gasteiger partial charge on any atom is 0.338 e. The van der Waals surface area contributed by atoms with Crippen molar-refractivity contribution in [2.24, 2.45) is 0 Å². The van der Waals surface area contributed by atoms with E-state index < -0.39 is 5.60 Å². The molecule has 0 spiro atoms. The highest BCUT2D eigenvalue weighted by Gasteiger charge is 2.43. The molecule has 1 aliphatic heterocycles. The van der Waals surface area contributed by atoms with Gasteiger partial charge in [-0.2, -0.15) is 0 Å². The Kier molecular flexibility index (Phi) is 5.72. The lowest BCUT2D eigenvalue weighted by molar-refractivity contribution is -0.111. The lowest BCUT2D eigenvalue weighted by Gasteiger charge is -2.26. The van der Waals surface area contributed by atoms with E-state index in [1.165, 1.54) is 6.08 Å². The van der Waals surface area contributed by atoms with Gasteiger partial charge in [0.05, 0.1) is 5.56 Å². The summed E-state index contributed by atoms with van der Waals surface area (Å²) < 4.78 is 16.6. The summed E-state index contributed by atoms with van der Waals surface area (Å²) in [6.45, 7) is 5.87. The highest BCUT2D eigenvalue weighted by molar-refractivity contribution is 6.06. The Morgan fingerprint density at radius 3 is 2.85 bits per heavy atom. The van der Waals surface area contributed by atoms with Crippen molar-refractivity contribution in [2.75, 3.05) is 13.4 Å². The minimum absolute atomic E-state index is 0.0801. The Balaban J connectivity index is 1.66. The number of benzene rings is 1. The first-order chi connectivity index (χ1) is 13.0. The Bertz CT molecular complexity index is 832. The van der Waals surface area contributed by atoms with E-state index in [0.717, 1.165) is 5.57 Å². The lowest BCUT2D eigenvalue weighted by Crippen LogP contribution is -2.31. The summed E-state index contributed by atoms with van der Waals surface area (Å²) in [5.74, 6) is 0.0770. The molecule has 140 valence electrons. The van der Waals surface area contributed by atoms with Crippen LogP contribution < -0.4 is 0 Å². The highest BCUT2D eigenvalue weighted by atomic mass is 16.7. The summed E-state index contributed by atoms with van der Waals surface area (Å²) in [5, 5.41) is 0. The molecule has 1 unspecified atom stereocenters. The van der Waals surface area contributed by atoms with Gasteiger partial charge in [-0.05, 0) is 37.1 Å². The summed E-state index contributed by atoms with van der Waals surface area (Å²) in [6.07, 6.45) is 7.91. The fourth-order valence-electron chi connectivity index (χ4n) is 2.99. The number of hydrogen-bond donors (Lipinski definition) is 0. The van der Waals surface area contributed by atoms with Crippen LogP contribution in [0.4, 0.5) is 0 Å². The standard InChI is InChI=1S/C22H22O5/c1-3-7-18-13-22(20(12-19(18)23)26-15-27-22)11-10-16(2)14-25-21(24)17-8-5-4-6-9-17/h3-6,8-10,12-13H,1,7,11,14-15H2,2H3. The van der Waals surface area contributed by atoms with Gasteiger partial charge < -0.3 is 14.2 Å². The second-order valence-electron chi connectivity index (χ2n) is 6.53. The minimum Gasteiger partial charge on any atom is -0.468 e. The van der Waals surface area contributed by atoms with Crippen LogP contribution in [0.15, 0.2) is 78.1 Å². The fraction of sp³-hybridized carbons (Fsp3) is 0.273. The van der Waals surface area contributed by atoms with Gasteiger partial charge >= 0.3 is 5.97 Å². The molecule has 0 bridgehead atoms. The highest BCUT2D eigenvalue weighted by Crippen LogP contribution is 2.39. The van der Waals surface area contributed by atoms with Crippen LogP contribution >= 0.6 is 0 Å². The molecule has 2 aliphatic rings. The average molecular weight is 366 g/mol.